The zero-order valence-electron chi connectivity index (χ0n) is 18.6. The molecule has 33 heavy (non-hydrogen) atoms. The van der Waals surface area contributed by atoms with Crippen LogP contribution >= 0.6 is 12.4 Å². The van der Waals surface area contributed by atoms with E-state index in [1.54, 1.807) is 12.2 Å². The Balaban J connectivity index is 0.00000385. The third-order valence-electron chi connectivity index (χ3n) is 5.86. The number of hydrogen-bond acceptors (Lipinski definition) is 4. The summed E-state index contributed by atoms with van der Waals surface area (Å²) in [7, 11) is 1.37. The molecule has 0 saturated carbocycles. The summed E-state index contributed by atoms with van der Waals surface area (Å²) in [5.74, 6) is -0.344. The first-order valence-corrected chi connectivity index (χ1v) is 10.2. The zero-order valence-corrected chi connectivity index (χ0v) is 19.4. The molecule has 4 nitrogen and oxygen atoms in total. The van der Waals surface area contributed by atoms with Gasteiger partial charge in [-0.1, -0.05) is 32.1 Å². The molecule has 9 heteroatoms. The van der Waals surface area contributed by atoms with Crippen LogP contribution in [0.5, 0.6) is 5.75 Å². The van der Waals surface area contributed by atoms with Gasteiger partial charge in [0.25, 0.3) is 0 Å². The molecule has 2 aliphatic rings. The molecular formula is C24H28ClF4NO3. The van der Waals surface area contributed by atoms with E-state index in [2.05, 4.69) is 0 Å². The van der Waals surface area contributed by atoms with Gasteiger partial charge in [0.05, 0.1) is 13.2 Å². The van der Waals surface area contributed by atoms with E-state index in [-0.39, 0.29) is 23.7 Å². The molecule has 1 aromatic carbocycles. The van der Waals surface area contributed by atoms with Gasteiger partial charge in [0.2, 0.25) is 0 Å². The number of allylic oxidation sites excluding steroid dienone is 3. The van der Waals surface area contributed by atoms with Gasteiger partial charge in [-0.15, -0.1) is 12.4 Å². The minimum absolute atomic E-state index is 0. The Kier molecular flexibility index (Phi) is 8.30. The van der Waals surface area contributed by atoms with E-state index in [0.29, 0.717) is 18.4 Å². The number of alkyl halides is 3. The number of benzene rings is 1. The molecule has 3 rings (SSSR count). The SMILES string of the molecule is COc1ccc(F)cc1C(C)(C)CC(O)(C(C1=CC=CCC1)N1C=COC=C1)C(F)(F)F.Cl. The molecule has 0 fully saturated rings. The highest BCUT2D eigenvalue weighted by atomic mass is 35.5. The average molecular weight is 490 g/mol. The first-order valence-electron chi connectivity index (χ1n) is 10.2. The smallest absolute Gasteiger partial charge is 0.419 e. The zero-order chi connectivity index (χ0) is 23.6. The van der Waals surface area contributed by atoms with Crippen molar-refractivity contribution in [2.75, 3.05) is 7.11 Å². The minimum Gasteiger partial charge on any atom is -0.496 e. The summed E-state index contributed by atoms with van der Waals surface area (Å²) < 4.78 is 68.3. The monoisotopic (exact) mass is 489 g/mol. The predicted molar refractivity (Wildman–Crippen MR) is 120 cm³/mol. The van der Waals surface area contributed by atoms with Gasteiger partial charge < -0.3 is 19.5 Å². The number of nitrogens with zero attached hydrogens (tertiary/aromatic N) is 1. The first-order chi connectivity index (χ1) is 15.0. The van der Waals surface area contributed by atoms with Crippen molar-refractivity contribution < 1.29 is 32.1 Å². The number of rotatable bonds is 7. The van der Waals surface area contributed by atoms with E-state index in [1.165, 1.54) is 62.9 Å². The van der Waals surface area contributed by atoms with Crippen molar-refractivity contribution in [2.24, 2.45) is 0 Å². The minimum atomic E-state index is -4.99. The Morgan fingerprint density at radius 3 is 2.39 bits per heavy atom. The summed E-state index contributed by atoms with van der Waals surface area (Å²) >= 11 is 0. The Morgan fingerprint density at radius 1 is 1.18 bits per heavy atom. The maximum Gasteiger partial charge on any atom is 0.419 e. The number of halogens is 5. The van der Waals surface area contributed by atoms with Crippen molar-refractivity contribution in [3.8, 4) is 5.75 Å². The van der Waals surface area contributed by atoms with Gasteiger partial charge in [0.15, 0.2) is 5.60 Å². The topological polar surface area (TPSA) is 41.9 Å². The van der Waals surface area contributed by atoms with Crippen LogP contribution in [-0.4, -0.2) is 34.9 Å². The fourth-order valence-electron chi connectivity index (χ4n) is 4.40. The molecule has 1 aliphatic carbocycles. The van der Waals surface area contributed by atoms with Crippen molar-refractivity contribution in [3.05, 3.63) is 78.3 Å². The second-order valence-corrected chi connectivity index (χ2v) is 8.59. The van der Waals surface area contributed by atoms with Gasteiger partial charge in [0.1, 0.15) is 24.1 Å². The van der Waals surface area contributed by atoms with E-state index in [0.717, 1.165) is 6.07 Å². The van der Waals surface area contributed by atoms with Crippen LogP contribution in [0.2, 0.25) is 0 Å². The van der Waals surface area contributed by atoms with E-state index < -0.39 is 35.5 Å². The van der Waals surface area contributed by atoms with E-state index >= 15 is 0 Å². The molecule has 0 amide bonds. The predicted octanol–water partition coefficient (Wildman–Crippen LogP) is 6.14. The molecule has 0 bridgehead atoms. The van der Waals surface area contributed by atoms with E-state index in [1.807, 2.05) is 6.08 Å². The Labute approximate surface area is 197 Å². The van der Waals surface area contributed by atoms with Gasteiger partial charge in [0, 0.05) is 18.0 Å². The molecule has 0 radical (unpaired) electrons. The summed E-state index contributed by atoms with van der Waals surface area (Å²) in [5.41, 5.74) is -3.78. The fourth-order valence-corrected chi connectivity index (χ4v) is 4.40. The summed E-state index contributed by atoms with van der Waals surface area (Å²) in [4.78, 5) is 1.31. The van der Waals surface area contributed by atoms with Crippen LogP contribution in [0.15, 0.2) is 66.9 Å². The molecule has 182 valence electrons. The number of aliphatic hydroxyl groups is 1. The van der Waals surface area contributed by atoms with Crippen molar-refractivity contribution in [2.45, 2.75) is 56.3 Å². The third kappa shape index (κ3) is 5.55. The molecule has 0 aromatic heterocycles. The van der Waals surface area contributed by atoms with Gasteiger partial charge in [-0.25, -0.2) is 4.39 Å². The maximum absolute atomic E-state index is 14.7. The quantitative estimate of drug-likeness (QED) is 0.467. The molecule has 1 N–H and O–H groups in total. The lowest BCUT2D eigenvalue weighted by molar-refractivity contribution is -0.279. The van der Waals surface area contributed by atoms with Gasteiger partial charge >= 0.3 is 6.18 Å². The second-order valence-electron chi connectivity index (χ2n) is 8.59. The molecule has 0 spiro atoms. The normalized spacial score (nSPS) is 18.7. The number of methoxy groups -OCH3 is 1. The van der Waals surface area contributed by atoms with Crippen LogP contribution in [0.4, 0.5) is 17.6 Å². The van der Waals surface area contributed by atoms with Crippen LogP contribution in [0.25, 0.3) is 0 Å². The average Bonchev–Trinajstić information content (AvgIpc) is 2.74. The lowest BCUT2D eigenvalue weighted by Crippen LogP contribution is -2.62. The van der Waals surface area contributed by atoms with Gasteiger partial charge in [-0.05, 0) is 48.4 Å². The Morgan fingerprint density at radius 2 is 1.85 bits per heavy atom. The summed E-state index contributed by atoms with van der Waals surface area (Å²) in [6, 6.07) is 2.27. The first kappa shape index (κ1) is 26.8. The summed E-state index contributed by atoms with van der Waals surface area (Å²) in [5, 5.41) is 11.5. The van der Waals surface area contributed by atoms with Crippen molar-refractivity contribution in [3.63, 3.8) is 0 Å². The largest absolute Gasteiger partial charge is 0.496 e. The van der Waals surface area contributed by atoms with E-state index in [9.17, 15) is 22.7 Å². The van der Waals surface area contributed by atoms with E-state index in [4.69, 9.17) is 9.47 Å². The molecule has 1 heterocycles. The van der Waals surface area contributed by atoms with Crippen LogP contribution in [0, 0.1) is 5.82 Å². The molecule has 2 atom stereocenters. The Hall–Kier alpha value is -2.45. The van der Waals surface area contributed by atoms with Gasteiger partial charge in [-0.3, -0.25) is 0 Å². The number of hydrogen-bond donors (Lipinski definition) is 1. The Bertz CT molecular complexity index is 944. The lowest BCUT2D eigenvalue weighted by atomic mass is 9.70. The van der Waals surface area contributed by atoms with Crippen molar-refractivity contribution >= 4 is 12.4 Å². The lowest BCUT2D eigenvalue weighted by Gasteiger charge is -2.47. The second kappa shape index (κ2) is 10.2. The number of ether oxygens (including phenoxy) is 2. The summed E-state index contributed by atoms with van der Waals surface area (Å²) in [6.07, 6.45) is 5.60. The van der Waals surface area contributed by atoms with Crippen LogP contribution in [-0.2, 0) is 10.2 Å². The highest BCUT2D eigenvalue weighted by molar-refractivity contribution is 5.85. The van der Waals surface area contributed by atoms with Crippen molar-refractivity contribution in [1.29, 1.82) is 0 Å². The highest BCUT2D eigenvalue weighted by Gasteiger charge is 2.62. The van der Waals surface area contributed by atoms with Crippen LogP contribution < -0.4 is 4.74 Å². The molecule has 2 unspecified atom stereocenters. The molecule has 1 aliphatic heterocycles. The van der Waals surface area contributed by atoms with Gasteiger partial charge in [-0.2, -0.15) is 13.2 Å². The fraction of sp³-hybridized carbons (Fsp3) is 0.417. The summed E-state index contributed by atoms with van der Waals surface area (Å²) in [6.45, 7) is 3.08. The molecule has 1 aromatic rings. The third-order valence-corrected chi connectivity index (χ3v) is 5.86. The van der Waals surface area contributed by atoms with Crippen LogP contribution in [0.3, 0.4) is 0 Å². The van der Waals surface area contributed by atoms with Crippen molar-refractivity contribution in [1.82, 2.24) is 4.90 Å². The molecular weight excluding hydrogens is 462 g/mol. The standard InChI is InChI=1S/C24H27F4NO3.ClH/c1-22(2,19-15-18(25)9-10-20(19)31-3)16-23(30,24(26,27)28)21(17-7-5-4-6-8-17)29-11-13-32-14-12-29;/h4-5,7,9-15,21,30H,6,8,16H2,1-3H3;1H. The van der Waals surface area contributed by atoms with Crippen LogP contribution in [0.1, 0.15) is 38.7 Å². The highest BCUT2D eigenvalue weighted by Crippen LogP contribution is 2.48. The maximum atomic E-state index is 14.7. The molecule has 0 saturated heterocycles.